The van der Waals surface area contributed by atoms with Crippen LogP contribution in [0.5, 0.6) is 0 Å². The number of ether oxygens (including phenoxy) is 1. The van der Waals surface area contributed by atoms with Crippen LogP contribution < -0.4 is 5.32 Å². The lowest BCUT2D eigenvalue weighted by Gasteiger charge is -2.19. The van der Waals surface area contributed by atoms with Gasteiger partial charge in [0.1, 0.15) is 5.82 Å². The molecule has 0 bridgehead atoms. The SMILES string of the molecule is C1Cn2c(nc3c2COCC3)CN1. The van der Waals surface area contributed by atoms with E-state index in [9.17, 15) is 0 Å². The Hall–Kier alpha value is -0.870. The van der Waals surface area contributed by atoms with Crippen LogP contribution >= 0.6 is 0 Å². The normalized spacial score (nSPS) is 20.9. The van der Waals surface area contributed by atoms with Crippen molar-refractivity contribution in [2.24, 2.45) is 0 Å². The highest BCUT2D eigenvalue weighted by molar-refractivity contribution is 5.19. The lowest BCUT2D eigenvalue weighted by Crippen LogP contribution is -2.29. The van der Waals surface area contributed by atoms with E-state index in [4.69, 9.17) is 4.74 Å². The molecule has 4 heteroatoms. The summed E-state index contributed by atoms with van der Waals surface area (Å²) in [4.78, 5) is 4.61. The zero-order valence-electron chi connectivity index (χ0n) is 7.55. The van der Waals surface area contributed by atoms with Crippen LogP contribution in [0, 0.1) is 0 Å². The third kappa shape index (κ3) is 1.09. The van der Waals surface area contributed by atoms with Crippen molar-refractivity contribution < 1.29 is 4.74 Å². The van der Waals surface area contributed by atoms with Gasteiger partial charge in [0, 0.05) is 19.5 Å². The highest BCUT2D eigenvalue weighted by Crippen LogP contribution is 2.19. The molecule has 70 valence electrons. The fourth-order valence-electron chi connectivity index (χ4n) is 2.08. The van der Waals surface area contributed by atoms with Gasteiger partial charge in [0.15, 0.2) is 0 Å². The highest BCUT2D eigenvalue weighted by Gasteiger charge is 2.21. The van der Waals surface area contributed by atoms with E-state index in [1.807, 2.05) is 0 Å². The van der Waals surface area contributed by atoms with Crippen LogP contribution in [-0.2, 0) is 30.9 Å². The molecule has 1 N–H and O–H groups in total. The lowest BCUT2D eigenvalue weighted by molar-refractivity contribution is 0.104. The number of hydrogen-bond donors (Lipinski definition) is 1. The van der Waals surface area contributed by atoms with Gasteiger partial charge in [-0.1, -0.05) is 0 Å². The molecule has 2 aliphatic heterocycles. The predicted octanol–water partition coefficient (Wildman–Crippen LogP) is 0.0590. The van der Waals surface area contributed by atoms with Crippen LogP contribution in [0.2, 0.25) is 0 Å². The molecule has 0 amide bonds. The molecule has 3 heterocycles. The fraction of sp³-hybridized carbons (Fsp3) is 0.667. The molecule has 1 aromatic rings. The van der Waals surface area contributed by atoms with Crippen LogP contribution in [-0.4, -0.2) is 22.7 Å². The van der Waals surface area contributed by atoms with Crippen LogP contribution in [0.1, 0.15) is 17.2 Å². The minimum Gasteiger partial charge on any atom is -0.375 e. The Morgan fingerprint density at radius 3 is 3.46 bits per heavy atom. The summed E-state index contributed by atoms with van der Waals surface area (Å²) in [5, 5.41) is 3.33. The van der Waals surface area contributed by atoms with E-state index in [1.54, 1.807) is 0 Å². The maximum Gasteiger partial charge on any atom is 0.123 e. The van der Waals surface area contributed by atoms with Crippen molar-refractivity contribution in [2.45, 2.75) is 26.1 Å². The average Bonchev–Trinajstić information content (AvgIpc) is 2.56. The molecule has 2 aliphatic rings. The van der Waals surface area contributed by atoms with Gasteiger partial charge >= 0.3 is 0 Å². The first kappa shape index (κ1) is 7.53. The largest absolute Gasteiger partial charge is 0.375 e. The average molecular weight is 179 g/mol. The van der Waals surface area contributed by atoms with Crippen LogP contribution in [0.3, 0.4) is 0 Å². The van der Waals surface area contributed by atoms with Gasteiger partial charge in [-0.25, -0.2) is 4.98 Å². The van der Waals surface area contributed by atoms with Crippen molar-refractivity contribution in [3.63, 3.8) is 0 Å². The number of nitrogens with one attached hydrogen (secondary N) is 1. The van der Waals surface area contributed by atoms with E-state index in [0.29, 0.717) is 0 Å². The van der Waals surface area contributed by atoms with Gasteiger partial charge in [-0.2, -0.15) is 0 Å². The van der Waals surface area contributed by atoms with Crippen molar-refractivity contribution in [2.75, 3.05) is 13.2 Å². The van der Waals surface area contributed by atoms with Gasteiger partial charge in [0.05, 0.1) is 31.1 Å². The van der Waals surface area contributed by atoms with Gasteiger partial charge < -0.3 is 14.6 Å². The van der Waals surface area contributed by atoms with Gasteiger partial charge in [-0.05, 0) is 0 Å². The van der Waals surface area contributed by atoms with Crippen molar-refractivity contribution in [3.8, 4) is 0 Å². The summed E-state index contributed by atoms with van der Waals surface area (Å²) in [7, 11) is 0. The molecule has 0 aromatic carbocycles. The van der Waals surface area contributed by atoms with Crippen LogP contribution in [0.25, 0.3) is 0 Å². The number of hydrogen-bond acceptors (Lipinski definition) is 3. The highest BCUT2D eigenvalue weighted by atomic mass is 16.5. The molecule has 1 aromatic heterocycles. The maximum absolute atomic E-state index is 5.44. The Labute approximate surface area is 76.9 Å². The maximum atomic E-state index is 5.44. The van der Waals surface area contributed by atoms with Crippen LogP contribution in [0.15, 0.2) is 0 Å². The molecule has 0 radical (unpaired) electrons. The lowest BCUT2D eigenvalue weighted by atomic mass is 10.2. The molecule has 0 atom stereocenters. The fourth-order valence-corrected chi connectivity index (χ4v) is 2.08. The number of imidazole rings is 1. The van der Waals surface area contributed by atoms with Crippen molar-refractivity contribution >= 4 is 0 Å². The molecule has 0 saturated carbocycles. The van der Waals surface area contributed by atoms with E-state index in [0.717, 1.165) is 39.3 Å². The molecule has 0 fully saturated rings. The molecule has 3 rings (SSSR count). The molecule has 0 aliphatic carbocycles. The standard InChI is InChI=1S/C9H13N3O/c1-4-13-6-8-7(1)11-9-5-10-2-3-12(8)9/h10H,1-6H2. The van der Waals surface area contributed by atoms with Crippen LogP contribution in [0.4, 0.5) is 0 Å². The van der Waals surface area contributed by atoms with Gasteiger partial charge in [-0.15, -0.1) is 0 Å². The predicted molar refractivity (Wildman–Crippen MR) is 47.3 cm³/mol. The Kier molecular flexibility index (Phi) is 1.63. The van der Waals surface area contributed by atoms with Crippen molar-refractivity contribution in [1.82, 2.24) is 14.9 Å². The second-order valence-corrected chi connectivity index (χ2v) is 3.55. The molecule has 4 nitrogen and oxygen atoms in total. The first-order valence-electron chi connectivity index (χ1n) is 4.81. The van der Waals surface area contributed by atoms with Crippen molar-refractivity contribution in [1.29, 1.82) is 0 Å². The second kappa shape index (κ2) is 2.82. The monoisotopic (exact) mass is 179 g/mol. The van der Waals surface area contributed by atoms with Crippen molar-refractivity contribution in [3.05, 3.63) is 17.2 Å². The smallest absolute Gasteiger partial charge is 0.123 e. The molecule has 0 spiro atoms. The Bertz CT molecular complexity index is 301. The van der Waals surface area contributed by atoms with E-state index in [1.165, 1.54) is 17.2 Å². The topological polar surface area (TPSA) is 39.1 Å². The van der Waals surface area contributed by atoms with E-state index in [2.05, 4.69) is 14.9 Å². The Morgan fingerprint density at radius 1 is 1.46 bits per heavy atom. The zero-order chi connectivity index (χ0) is 8.67. The van der Waals surface area contributed by atoms with E-state index in [-0.39, 0.29) is 0 Å². The Balaban J connectivity index is 2.09. The number of aromatic nitrogens is 2. The quantitative estimate of drug-likeness (QED) is 0.612. The van der Waals surface area contributed by atoms with Gasteiger partial charge in [-0.3, -0.25) is 0 Å². The van der Waals surface area contributed by atoms with E-state index >= 15 is 0 Å². The number of rotatable bonds is 0. The summed E-state index contributed by atoms with van der Waals surface area (Å²) in [5.74, 6) is 1.18. The molecule has 0 saturated heterocycles. The third-order valence-corrected chi connectivity index (χ3v) is 2.75. The summed E-state index contributed by atoms with van der Waals surface area (Å²) in [6, 6.07) is 0. The first-order valence-corrected chi connectivity index (χ1v) is 4.81. The van der Waals surface area contributed by atoms with Gasteiger partial charge in [0.25, 0.3) is 0 Å². The summed E-state index contributed by atoms with van der Waals surface area (Å²) < 4.78 is 7.75. The first-order chi connectivity index (χ1) is 6.45. The molecular formula is C9H13N3O. The minimum atomic E-state index is 0.752. The number of fused-ring (bicyclic) bond motifs is 3. The number of nitrogens with zero attached hydrogens (tertiary/aromatic N) is 2. The minimum absolute atomic E-state index is 0.752. The summed E-state index contributed by atoms with van der Waals surface area (Å²) >= 11 is 0. The summed E-state index contributed by atoms with van der Waals surface area (Å²) in [6.45, 7) is 4.59. The summed E-state index contributed by atoms with van der Waals surface area (Å²) in [5.41, 5.74) is 2.56. The molecule has 13 heavy (non-hydrogen) atoms. The van der Waals surface area contributed by atoms with E-state index < -0.39 is 0 Å². The Morgan fingerprint density at radius 2 is 2.46 bits per heavy atom. The van der Waals surface area contributed by atoms with Gasteiger partial charge in [0.2, 0.25) is 0 Å². The molecular weight excluding hydrogens is 166 g/mol. The molecule has 0 unspecified atom stereocenters. The zero-order valence-corrected chi connectivity index (χ0v) is 7.55. The summed E-state index contributed by atoms with van der Waals surface area (Å²) in [6.07, 6.45) is 0.981. The second-order valence-electron chi connectivity index (χ2n) is 3.55. The third-order valence-electron chi connectivity index (χ3n) is 2.75.